The molecular formula is C34H41ClF4N6O3. The second-order valence-corrected chi connectivity index (χ2v) is 14.6. The van der Waals surface area contributed by atoms with Gasteiger partial charge in [0, 0.05) is 36.3 Å². The van der Waals surface area contributed by atoms with Crippen molar-refractivity contribution in [2.75, 3.05) is 38.2 Å². The number of benzene rings is 1. The number of hydrogen-bond acceptors (Lipinski definition) is 8. The molecule has 6 rings (SSSR count). The molecule has 2 aromatic heterocycles. The number of likely N-dealkylation sites (N-methyl/N-ethyl adjacent to an activating group) is 1. The molecule has 0 radical (unpaired) electrons. The van der Waals surface area contributed by atoms with Gasteiger partial charge in [-0.05, 0) is 98.0 Å². The minimum absolute atomic E-state index is 0.0417. The monoisotopic (exact) mass is 692 g/mol. The van der Waals surface area contributed by atoms with Gasteiger partial charge in [-0.1, -0.05) is 11.6 Å². The van der Waals surface area contributed by atoms with Crippen LogP contribution >= 0.6 is 11.6 Å². The summed E-state index contributed by atoms with van der Waals surface area (Å²) in [6, 6.07) is 2.51. The standard InChI is InChI=1S/C34H41ClF4N6O3/c1-18-14-19(2)40-29(26(18)34(37,38)39)25-24(35)15-23-28(27(25)36)41-31(47-17-22-8-7-12-43(22)6)42-30(23)44-13-11-20-9-10-21(16-44)45(20)32(46)48-33(3,4)5/h14-15,20-22H,7-13,16-17H2,1-6H3/t20?,21?,22-/m0/s1. The Balaban J connectivity index is 1.47. The van der Waals surface area contributed by atoms with Crippen LogP contribution in [0.3, 0.4) is 0 Å². The highest BCUT2D eigenvalue weighted by Crippen LogP contribution is 2.45. The summed E-state index contributed by atoms with van der Waals surface area (Å²) in [7, 11) is 2.00. The zero-order valence-electron chi connectivity index (χ0n) is 28.0. The molecule has 0 aliphatic carbocycles. The first kappa shape index (κ1) is 34.4. The molecule has 14 heteroatoms. The molecule has 3 aliphatic heterocycles. The third-order valence-electron chi connectivity index (χ3n) is 9.47. The average Bonchev–Trinajstić information content (AvgIpc) is 3.50. The van der Waals surface area contributed by atoms with E-state index >= 15 is 4.39 Å². The fraction of sp³-hybridized carbons (Fsp3) is 0.588. The maximum absolute atomic E-state index is 16.8. The van der Waals surface area contributed by atoms with E-state index < -0.39 is 34.4 Å². The van der Waals surface area contributed by atoms with E-state index in [2.05, 4.69) is 14.9 Å². The van der Waals surface area contributed by atoms with Gasteiger partial charge in [-0.25, -0.2) is 9.18 Å². The topological polar surface area (TPSA) is 83.9 Å². The predicted octanol–water partition coefficient (Wildman–Crippen LogP) is 7.57. The molecule has 1 amide bonds. The Labute approximate surface area is 282 Å². The summed E-state index contributed by atoms with van der Waals surface area (Å²) in [5.41, 5.74) is -2.83. The van der Waals surface area contributed by atoms with E-state index in [0.717, 1.165) is 32.2 Å². The van der Waals surface area contributed by atoms with E-state index in [-0.39, 0.29) is 64.0 Å². The summed E-state index contributed by atoms with van der Waals surface area (Å²) >= 11 is 6.68. The normalized spacial score (nSPS) is 22.0. The number of hydrogen-bond donors (Lipinski definition) is 0. The molecule has 0 N–H and O–H groups in total. The molecule has 3 aromatic rings. The molecular weight excluding hydrogens is 652 g/mol. The van der Waals surface area contributed by atoms with Gasteiger partial charge in [0.05, 0.1) is 27.9 Å². The molecule has 3 saturated heterocycles. The van der Waals surface area contributed by atoms with Gasteiger partial charge in [0.1, 0.15) is 23.5 Å². The number of pyridine rings is 1. The lowest BCUT2D eigenvalue weighted by molar-refractivity contribution is -0.137. The number of nitrogens with zero attached hydrogens (tertiary/aromatic N) is 6. The van der Waals surface area contributed by atoms with Gasteiger partial charge in [-0.15, -0.1) is 0 Å². The Bertz CT molecular complexity index is 1730. The molecule has 3 fully saturated rings. The number of rotatable bonds is 5. The number of ether oxygens (including phenoxy) is 2. The Morgan fingerprint density at radius 3 is 2.42 bits per heavy atom. The molecule has 2 unspecified atom stereocenters. The highest BCUT2D eigenvalue weighted by atomic mass is 35.5. The third-order valence-corrected chi connectivity index (χ3v) is 9.77. The molecule has 2 bridgehead atoms. The highest BCUT2D eigenvalue weighted by Gasteiger charge is 2.43. The van der Waals surface area contributed by atoms with Crippen LogP contribution in [0.25, 0.3) is 22.2 Å². The second kappa shape index (κ2) is 12.8. The smallest absolute Gasteiger partial charge is 0.418 e. The van der Waals surface area contributed by atoms with Crippen molar-refractivity contribution >= 4 is 34.4 Å². The molecule has 3 aliphatic rings. The Morgan fingerprint density at radius 2 is 1.75 bits per heavy atom. The molecule has 0 spiro atoms. The molecule has 5 heterocycles. The van der Waals surface area contributed by atoms with Gasteiger partial charge in [0.15, 0.2) is 5.82 Å². The Kier molecular flexibility index (Phi) is 9.16. The van der Waals surface area contributed by atoms with Crippen LogP contribution in [0.5, 0.6) is 6.01 Å². The fourth-order valence-corrected chi connectivity index (χ4v) is 7.58. The van der Waals surface area contributed by atoms with Crippen molar-refractivity contribution in [2.45, 2.75) is 96.6 Å². The maximum Gasteiger partial charge on any atom is 0.418 e. The van der Waals surface area contributed by atoms with E-state index in [1.54, 1.807) is 11.8 Å². The van der Waals surface area contributed by atoms with Crippen molar-refractivity contribution < 1.29 is 31.8 Å². The van der Waals surface area contributed by atoms with Crippen LogP contribution in [0.15, 0.2) is 12.1 Å². The van der Waals surface area contributed by atoms with Crippen LogP contribution < -0.4 is 9.64 Å². The maximum atomic E-state index is 16.8. The largest absolute Gasteiger partial charge is 0.462 e. The number of fused-ring (bicyclic) bond motifs is 3. The van der Waals surface area contributed by atoms with Crippen LogP contribution in [0.4, 0.5) is 28.2 Å². The molecule has 48 heavy (non-hydrogen) atoms. The number of carbonyl (C=O) groups excluding carboxylic acids is 1. The summed E-state index contributed by atoms with van der Waals surface area (Å²) < 4.78 is 71.7. The Hall–Kier alpha value is -3.45. The fourth-order valence-electron chi connectivity index (χ4n) is 7.30. The summed E-state index contributed by atoms with van der Waals surface area (Å²) in [5, 5.41) is -0.0214. The number of amides is 1. The zero-order chi connectivity index (χ0) is 34.7. The summed E-state index contributed by atoms with van der Waals surface area (Å²) in [5.74, 6) is -0.707. The summed E-state index contributed by atoms with van der Waals surface area (Å²) in [6.07, 6.45) is -1.07. The molecule has 260 valence electrons. The summed E-state index contributed by atoms with van der Waals surface area (Å²) in [4.78, 5) is 32.5. The van der Waals surface area contributed by atoms with Gasteiger partial charge in [-0.3, -0.25) is 4.98 Å². The predicted molar refractivity (Wildman–Crippen MR) is 175 cm³/mol. The molecule has 3 atom stereocenters. The lowest BCUT2D eigenvalue weighted by atomic mass is 9.98. The SMILES string of the molecule is Cc1cc(C)c(C(F)(F)F)c(-c2c(Cl)cc3c(N4CCC5CCC(C4)N5C(=O)OC(C)(C)C)nc(OC[C@@H]4CCCN4C)nc3c2F)n1. The minimum Gasteiger partial charge on any atom is -0.462 e. The van der Waals surface area contributed by atoms with Crippen LogP contribution in [0.1, 0.15) is 69.7 Å². The highest BCUT2D eigenvalue weighted by molar-refractivity contribution is 6.34. The van der Waals surface area contributed by atoms with E-state index in [1.165, 1.54) is 19.1 Å². The average molecular weight is 693 g/mol. The van der Waals surface area contributed by atoms with Crippen molar-refractivity contribution in [1.29, 1.82) is 0 Å². The van der Waals surface area contributed by atoms with Gasteiger partial charge in [0.2, 0.25) is 0 Å². The van der Waals surface area contributed by atoms with Crippen molar-refractivity contribution in [1.82, 2.24) is 24.8 Å². The first-order chi connectivity index (χ1) is 22.5. The lowest BCUT2D eigenvalue weighted by Crippen LogP contribution is -2.45. The third kappa shape index (κ3) is 6.72. The van der Waals surface area contributed by atoms with E-state index in [1.807, 2.05) is 32.7 Å². The molecule has 9 nitrogen and oxygen atoms in total. The van der Waals surface area contributed by atoms with Crippen molar-refractivity contribution in [3.05, 3.63) is 39.8 Å². The number of carbonyl (C=O) groups is 1. The molecule has 1 aromatic carbocycles. The number of aryl methyl sites for hydroxylation is 2. The number of anilines is 1. The minimum atomic E-state index is -4.81. The number of aromatic nitrogens is 3. The number of likely N-dealkylation sites (tertiary alicyclic amines) is 1. The van der Waals surface area contributed by atoms with Gasteiger partial charge in [0.25, 0.3) is 0 Å². The number of alkyl halides is 3. The van der Waals surface area contributed by atoms with Crippen molar-refractivity contribution in [2.24, 2.45) is 0 Å². The first-order valence-corrected chi connectivity index (χ1v) is 16.7. The lowest BCUT2D eigenvalue weighted by Gasteiger charge is -2.31. The van der Waals surface area contributed by atoms with Crippen LogP contribution in [-0.4, -0.2) is 87.9 Å². The van der Waals surface area contributed by atoms with Gasteiger partial charge >= 0.3 is 18.3 Å². The van der Waals surface area contributed by atoms with Crippen LogP contribution in [0.2, 0.25) is 5.02 Å². The van der Waals surface area contributed by atoms with Gasteiger partial charge in [-0.2, -0.15) is 23.1 Å². The summed E-state index contributed by atoms with van der Waals surface area (Å²) in [6.45, 7) is 10.4. The van der Waals surface area contributed by atoms with E-state index in [0.29, 0.717) is 25.3 Å². The van der Waals surface area contributed by atoms with Crippen LogP contribution in [-0.2, 0) is 10.9 Å². The quantitative estimate of drug-likeness (QED) is 0.253. The van der Waals surface area contributed by atoms with Crippen LogP contribution in [0, 0.1) is 19.7 Å². The first-order valence-electron chi connectivity index (χ1n) is 16.4. The Morgan fingerprint density at radius 1 is 1.02 bits per heavy atom. The second-order valence-electron chi connectivity index (χ2n) is 14.2. The van der Waals surface area contributed by atoms with Crippen molar-refractivity contribution in [3.63, 3.8) is 0 Å². The van der Waals surface area contributed by atoms with Crippen molar-refractivity contribution in [3.8, 4) is 17.3 Å². The van der Waals surface area contributed by atoms with E-state index in [4.69, 9.17) is 26.1 Å². The zero-order valence-corrected chi connectivity index (χ0v) is 28.8. The molecule has 0 saturated carbocycles. The number of halogens is 5. The van der Waals surface area contributed by atoms with Gasteiger partial charge < -0.3 is 24.2 Å². The van der Waals surface area contributed by atoms with E-state index in [9.17, 15) is 18.0 Å².